The number of piperidine rings is 1. The van der Waals surface area contributed by atoms with Crippen LogP contribution in [-0.4, -0.2) is 71.3 Å². The number of rotatable bonds is 5. The van der Waals surface area contributed by atoms with Crippen LogP contribution in [0.3, 0.4) is 0 Å². The summed E-state index contributed by atoms with van der Waals surface area (Å²) in [6.07, 6.45) is 1.98. The van der Waals surface area contributed by atoms with E-state index in [1.54, 1.807) is 7.11 Å². The lowest BCUT2D eigenvalue weighted by atomic mass is 9.94. The van der Waals surface area contributed by atoms with Crippen LogP contribution in [0.4, 0.5) is 0 Å². The van der Waals surface area contributed by atoms with Crippen LogP contribution in [0.5, 0.6) is 0 Å². The lowest BCUT2D eigenvalue weighted by Crippen LogP contribution is -2.51. The molecule has 3 rings (SSSR count). The zero-order chi connectivity index (χ0) is 17.8. The topological polar surface area (TPSA) is 80.9 Å². The first-order valence-corrected chi connectivity index (χ1v) is 9.02. The lowest BCUT2D eigenvalue weighted by Gasteiger charge is -2.39. The van der Waals surface area contributed by atoms with E-state index < -0.39 is 0 Å². The van der Waals surface area contributed by atoms with E-state index in [4.69, 9.17) is 14.0 Å². The molecule has 1 aromatic rings. The minimum absolute atomic E-state index is 0.112. The molecule has 2 unspecified atom stereocenters. The molecule has 0 radical (unpaired) electrons. The first-order valence-electron chi connectivity index (χ1n) is 9.02. The van der Waals surface area contributed by atoms with Crippen LogP contribution >= 0.6 is 0 Å². The van der Waals surface area contributed by atoms with E-state index in [0.717, 1.165) is 25.9 Å². The molecule has 25 heavy (non-hydrogen) atoms. The zero-order valence-corrected chi connectivity index (χ0v) is 15.3. The molecule has 2 fully saturated rings. The highest BCUT2D eigenvalue weighted by atomic mass is 16.5. The Morgan fingerprint density at radius 1 is 1.24 bits per heavy atom. The maximum absolute atomic E-state index is 12.8. The number of carbonyl (C=O) groups excluding carboxylic acids is 1. The first kappa shape index (κ1) is 18.3. The zero-order valence-electron chi connectivity index (χ0n) is 15.3. The minimum atomic E-state index is 0.112. The van der Waals surface area contributed by atoms with Gasteiger partial charge in [0.25, 0.3) is 0 Å². The molecule has 0 saturated carbocycles. The molecule has 0 N–H and O–H groups in total. The summed E-state index contributed by atoms with van der Waals surface area (Å²) in [7, 11) is 1.60. The number of aromatic nitrogens is 2. The van der Waals surface area contributed by atoms with Crippen LogP contribution in [0, 0.1) is 5.92 Å². The number of amides is 1. The van der Waals surface area contributed by atoms with Crippen LogP contribution in [-0.2, 0) is 27.4 Å². The molecule has 0 aliphatic carbocycles. The molecule has 2 atom stereocenters. The Labute approximate surface area is 148 Å². The normalized spacial score (nSPS) is 26.1. The van der Waals surface area contributed by atoms with Crippen LogP contribution in [0.15, 0.2) is 4.52 Å². The van der Waals surface area contributed by atoms with E-state index in [1.807, 2.05) is 18.7 Å². The fraction of sp³-hybridized carbons (Fsp3) is 0.824. The second-order valence-corrected chi connectivity index (χ2v) is 7.09. The highest BCUT2D eigenvalue weighted by molar-refractivity contribution is 5.79. The van der Waals surface area contributed by atoms with Crippen molar-refractivity contribution in [2.24, 2.45) is 5.92 Å². The van der Waals surface area contributed by atoms with Gasteiger partial charge in [-0.15, -0.1) is 0 Å². The average Bonchev–Trinajstić information content (AvgIpc) is 3.01. The van der Waals surface area contributed by atoms with E-state index in [-0.39, 0.29) is 24.0 Å². The smallest absolute Gasteiger partial charge is 0.240 e. The average molecular weight is 352 g/mol. The van der Waals surface area contributed by atoms with Crippen molar-refractivity contribution >= 4 is 5.91 Å². The maximum atomic E-state index is 12.8. The van der Waals surface area contributed by atoms with Gasteiger partial charge in [-0.05, 0) is 39.8 Å². The van der Waals surface area contributed by atoms with Crippen LogP contribution in [0.25, 0.3) is 0 Å². The molecular formula is C17H28N4O4. The van der Waals surface area contributed by atoms with E-state index in [2.05, 4.69) is 15.0 Å². The van der Waals surface area contributed by atoms with Gasteiger partial charge < -0.3 is 18.9 Å². The van der Waals surface area contributed by atoms with Gasteiger partial charge in [-0.2, -0.15) is 4.98 Å². The number of likely N-dealkylation sites (tertiary alicyclic amines) is 1. The molecule has 0 aromatic carbocycles. The number of morpholine rings is 1. The Morgan fingerprint density at radius 2 is 1.92 bits per heavy atom. The Kier molecular flexibility index (Phi) is 6.03. The Bertz CT molecular complexity index is 561. The SMILES string of the molecule is COCc1noc(CN2CCC(C(=O)N3CC(C)OC(C)C3)CC2)n1. The maximum Gasteiger partial charge on any atom is 0.240 e. The van der Waals surface area contributed by atoms with E-state index >= 15 is 0 Å². The largest absolute Gasteiger partial charge is 0.377 e. The third-order valence-corrected chi connectivity index (χ3v) is 4.81. The van der Waals surface area contributed by atoms with Crippen molar-refractivity contribution in [3.63, 3.8) is 0 Å². The number of hydrogen-bond acceptors (Lipinski definition) is 7. The quantitative estimate of drug-likeness (QED) is 0.784. The van der Waals surface area contributed by atoms with Gasteiger partial charge in [-0.3, -0.25) is 9.69 Å². The Hall–Kier alpha value is -1.51. The minimum Gasteiger partial charge on any atom is -0.377 e. The van der Waals surface area contributed by atoms with Crippen molar-refractivity contribution in [2.75, 3.05) is 33.3 Å². The summed E-state index contributed by atoms with van der Waals surface area (Å²) >= 11 is 0. The van der Waals surface area contributed by atoms with Crippen molar-refractivity contribution in [2.45, 2.75) is 52.0 Å². The summed E-state index contributed by atoms with van der Waals surface area (Å²) in [5.74, 6) is 1.56. The first-order chi connectivity index (χ1) is 12.0. The summed E-state index contributed by atoms with van der Waals surface area (Å²) in [6.45, 7) is 8.18. The monoisotopic (exact) mass is 352 g/mol. The molecule has 1 amide bonds. The van der Waals surface area contributed by atoms with Gasteiger partial charge >= 0.3 is 0 Å². The second kappa shape index (κ2) is 8.25. The van der Waals surface area contributed by atoms with Gasteiger partial charge in [0.1, 0.15) is 6.61 Å². The fourth-order valence-electron chi connectivity index (χ4n) is 3.69. The molecule has 0 bridgehead atoms. The van der Waals surface area contributed by atoms with Crippen molar-refractivity contribution in [3.05, 3.63) is 11.7 Å². The van der Waals surface area contributed by atoms with Gasteiger partial charge in [-0.25, -0.2) is 0 Å². The molecule has 1 aromatic heterocycles. The highest BCUT2D eigenvalue weighted by Gasteiger charge is 2.32. The third kappa shape index (κ3) is 4.77. The van der Waals surface area contributed by atoms with Crippen LogP contribution in [0.2, 0.25) is 0 Å². The number of ether oxygens (including phenoxy) is 2. The molecule has 8 heteroatoms. The third-order valence-electron chi connectivity index (χ3n) is 4.81. The van der Waals surface area contributed by atoms with E-state index in [1.165, 1.54) is 0 Å². The van der Waals surface area contributed by atoms with E-state index in [0.29, 0.717) is 38.0 Å². The summed E-state index contributed by atoms with van der Waals surface area (Å²) in [6, 6.07) is 0. The van der Waals surface area contributed by atoms with Crippen LogP contribution in [0.1, 0.15) is 38.4 Å². The van der Waals surface area contributed by atoms with E-state index in [9.17, 15) is 4.79 Å². The van der Waals surface area contributed by atoms with Gasteiger partial charge in [0.05, 0.1) is 18.8 Å². The van der Waals surface area contributed by atoms with Crippen LogP contribution < -0.4 is 0 Å². The number of hydrogen-bond donors (Lipinski definition) is 0. The summed E-state index contributed by atoms with van der Waals surface area (Å²) < 4.78 is 16.0. The number of carbonyl (C=O) groups is 1. The Morgan fingerprint density at radius 3 is 2.56 bits per heavy atom. The molecule has 0 spiro atoms. The summed E-state index contributed by atoms with van der Waals surface area (Å²) in [5, 5.41) is 3.88. The molecule has 2 aliphatic rings. The second-order valence-electron chi connectivity index (χ2n) is 7.09. The lowest BCUT2D eigenvalue weighted by molar-refractivity contribution is -0.149. The highest BCUT2D eigenvalue weighted by Crippen LogP contribution is 2.23. The predicted octanol–water partition coefficient (Wildman–Crippen LogP) is 1.06. The summed E-state index contributed by atoms with van der Waals surface area (Å²) in [5.41, 5.74) is 0. The molecule has 8 nitrogen and oxygen atoms in total. The Balaban J connectivity index is 1.47. The molecular weight excluding hydrogens is 324 g/mol. The molecule has 3 heterocycles. The number of nitrogens with zero attached hydrogens (tertiary/aromatic N) is 4. The van der Waals surface area contributed by atoms with Crippen molar-refractivity contribution < 1.29 is 18.8 Å². The van der Waals surface area contributed by atoms with Crippen molar-refractivity contribution in [1.29, 1.82) is 0 Å². The van der Waals surface area contributed by atoms with Gasteiger partial charge in [0.2, 0.25) is 11.8 Å². The molecule has 2 aliphatic heterocycles. The summed E-state index contributed by atoms with van der Waals surface area (Å²) in [4.78, 5) is 21.3. The molecule has 2 saturated heterocycles. The predicted molar refractivity (Wildman–Crippen MR) is 89.6 cm³/mol. The van der Waals surface area contributed by atoms with Gasteiger partial charge in [0.15, 0.2) is 5.82 Å². The van der Waals surface area contributed by atoms with Crippen molar-refractivity contribution in [1.82, 2.24) is 19.9 Å². The number of methoxy groups -OCH3 is 1. The standard InChI is InChI=1S/C17H28N4O4/c1-12-8-21(9-13(2)24-12)17(22)14-4-6-20(7-5-14)10-16-18-15(11-23-3)19-25-16/h12-14H,4-11H2,1-3H3. The molecule has 140 valence electrons. The fourth-order valence-corrected chi connectivity index (χ4v) is 3.69. The van der Waals surface area contributed by atoms with Crippen molar-refractivity contribution in [3.8, 4) is 0 Å². The van der Waals surface area contributed by atoms with Gasteiger partial charge in [0, 0.05) is 26.1 Å². The van der Waals surface area contributed by atoms with Gasteiger partial charge in [-0.1, -0.05) is 5.16 Å².